The second kappa shape index (κ2) is 3.56. The zero-order chi connectivity index (χ0) is 6.69. The predicted molar refractivity (Wildman–Crippen MR) is 42.0 cm³/mol. The zero-order valence-electron chi connectivity index (χ0n) is 5.00. The number of carbonyl (C=O) groups is 1. The van der Waals surface area contributed by atoms with E-state index in [0.717, 1.165) is 8.35 Å². The van der Waals surface area contributed by atoms with E-state index in [2.05, 4.69) is 29.7 Å². The van der Waals surface area contributed by atoms with E-state index in [4.69, 9.17) is 0 Å². The van der Waals surface area contributed by atoms with Crippen molar-refractivity contribution >= 4 is 37.9 Å². The topological polar surface area (TPSA) is 29.1 Å². The van der Waals surface area contributed by atoms with Crippen LogP contribution in [0.2, 0.25) is 8.35 Å². The molecule has 1 rings (SSSR count). The molecule has 0 aliphatic carbocycles. The number of carbonyl (C=O) groups excluding carboxylic acids is 1. The van der Waals surface area contributed by atoms with Crippen LogP contribution in [0, 0.1) is 0 Å². The van der Waals surface area contributed by atoms with Gasteiger partial charge in [-0.05, 0) is 0 Å². The maximum atomic E-state index is 10.9. The second-order valence-corrected chi connectivity index (χ2v) is 10.5. The molecule has 0 aromatic rings. The first kappa shape index (κ1) is 7.54. The van der Waals surface area contributed by atoms with Crippen LogP contribution < -0.4 is 4.72 Å². The summed E-state index contributed by atoms with van der Waals surface area (Å²) < 4.78 is 4.81. The molecular weight excluding hydrogens is 237 g/mol. The van der Waals surface area contributed by atoms with Crippen molar-refractivity contribution in [3.8, 4) is 0 Å². The third kappa shape index (κ3) is 1.93. The van der Waals surface area contributed by atoms with Gasteiger partial charge in [-0.3, -0.25) is 0 Å². The normalized spacial score (nSPS) is 16.3. The van der Waals surface area contributed by atoms with Gasteiger partial charge in [-0.1, -0.05) is 0 Å². The molecule has 0 aromatic carbocycles. The van der Waals surface area contributed by atoms with Crippen molar-refractivity contribution in [1.82, 2.24) is 4.72 Å². The van der Waals surface area contributed by atoms with Gasteiger partial charge in [0.2, 0.25) is 0 Å². The van der Waals surface area contributed by atoms with Crippen LogP contribution in [0.25, 0.3) is 0 Å². The Morgan fingerprint density at radius 1 is 1.56 bits per heavy atom. The Kier molecular flexibility index (Phi) is 2.98. The second-order valence-electron chi connectivity index (χ2n) is 2.12. The number of thiol groups is 1. The Morgan fingerprint density at radius 3 is 2.56 bits per heavy atom. The summed E-state index contributed by atoms with van der Waals surface area (Å²) in [5.74, 6) is 0. The Labute approximate surface area is 67.8 Å². The van der Waals surface area contributed by atoms with E-state index < -0.39 is 21.4 Å². The summed E-state index contributed by atoms with van der Waals surface area (Å²) in [6, 6.07) is 0. The molecule has 0 aromatic heterocycles. The van der Waals surface area contributed by atoms with Gasteiger partial charge in [0, 0.05) is 0 Å². The molecule has 2 nitrogen and oxygen atoms in total. The quantitative estimate of drug-likeness (QED) is 0.527. The van der Waals surface area contributed by atoms with Crippen LogP contribution >= 0.6 is 12.8 Å². The maximum absolute atomic E-state index is 10.9. The van der Waals surface area contributed by atoms with E-state index in [1.165, 1.54) is 0 Å². The van der Waals surface area contributed by atoms with Gasteiger partial charge in [0.1, 0.15) is 0 Å². The van der Waals surface area contributed by atoms with Gasteiger partial charge in [0.05, 0.1) is 0 Å². The summed E-state index contributed by atoms with van der Waals surface area (Å²) in [5, 5.41) is 0. The summed E-state index contributed by atoms with van der Waals surface area (Å²) in [5.41, 5.74) is 0. The third-order valence-electron chi connectivity index (χ3n) is 1.49. The molecule has 1 N–H and O–H groups in total. The molecule has 1 aliphatic heterocycles. The fourth-order valence-electron chi connectivity index (χ4n) is 0.923. The monoisotopic (exact) mass is 245 g/mol. The molecule has 4 heteroatoms. The summed E-state index contributed by atoms with van der Waals surface area (Å²) in [6.07, 6.45) is 4.23. The minimum absolute atomic E-state index is 0.241. The average molecular weight is 245 g/mol. The zero-order valence-corrected chi connectivity index (χ0v) is 9.19. The molecule has 0 atom stereocenters. The fourth-order valence-corrected chi connectivity index (χ4v) is 7.41. The van der Waals surface area contributed by atoms with Gasteiger partial charge in [0.25, 0.3) is 0 Å². The molecule has 0 fully saturated rings. The van der Waals surface area contributed by atoms with Gasteiger partial charge >= 0.3 is 67.9 Å². The van der Waals surface area contributed by atoms with Gasteiger partial charge in [-0.25, -0.2) is 0 Å². The molecule has 0 saturated carbocycles. The molecular formula is C5H8InNOS. The fraction of sp³-hybridized carbons (Fsp3) is 0.400. The van der Waals surface area contributed by atoms with E-state index in [9.17, 15) is 4.79 Å². The number of hydrogen-bond acceptors (Lipinski definition) is 2. The Bertz CT molecular complexity index is 140. The molecule has 1 heterocycles. The van der Waals surface area contributed by atoms with Crippen molar-refractivity contribution in [2.45, 2.75) is 8.35 Å². The third-order valence-corrected chi connectivity index (χ3v) is 9.73. The first-order chi connectivity index (χ1) is 4.34. The van der Waals surface area contributed by atoms with Crippen LogP contribution in [0.3, 0.4) is 0 Å². The number of rotatable bonds is 1. The van der Waals surface area contributed by atoms with Crippen molar-refractivity contribution in [3.63, 3.8) is 0 Å². The van der Waals surface area contributed by atoms with Crippen molar-refractivity contribution in [3.05, 3.63) is 12.2 Å². The van der Waals surface area contributed by atoms with E-state index >= 15 is 0 Å². The molecule has 0 bridgehead atoms. The van der Waals surface area contributed by atoms with E-state index in [0.29, 0.717) is 0 Å². The van der Waals surface area contributed by atoms with E-state index in [1.54, 1.807) is 0 Å². The number of hydrogen-bond donors (Lipinski definition) is 2. The van der Waals surface area contributed by atoms with Gasteiger partial charge in [0.15, 0.2) is 0 Å². The number of amides is 1. The summed E-state index contributed by atoms with van der Waals surface area (Å²) in [7, 11) is 0. The SMILES string of the molecule is O=[C](NS)[In]1[CH2]C=C[CH2]1. The molecule has 1 amide bonds. The molecule has 0 unspecified atom stereocenters. The minimum atomic E-state index is -1.75. The predicted octanol–water partition coefficient (Wildman–Crippen LogP) is 1.19. The first-order valence-electron chi connectivity index (χ1n) is 2.93. The van der Waals surface area contributed by atoms with Crippen molar-refractivity contribution in [2.75, 3.05) is 0 Å². The van der Waals surface area contributed by atoms with Crippen molar-refractivity contribution in [1.29, 1.82) is 0 Å². The summed E-state index contributed by atoms with van der Waals surface area (Å²) in [6.45, 7) is 0. The van der Waals surface area contributed by atoms with Crippen LogP contribution in [-0.4, -0.2) is 25.1 Å². The molecule has 48 valence electrons. The van der Waals surface area contributed by atoms with Crippen LogP contribution in [0.4, 0.5) is 4.79 Å². The average Bonchev–Trinajstić information content (AvgIpc) is 2.37. The molecule has 0 radical (unpaired) electrons. The van der Waals surface area contributed by atoms with Crippen molar-refractivity contribution < 1.29 is 4.79 Å². The van der Waals surface area contributed by atoms with Crippen LogP contribution in [0.1, 0.15) is 0 Å². The Morgan fingerprint density at radius 2 is 2.11 bits per heavy atom. The molecule has 9 heavy (non-hydrogen) atoms. The molecule has 1 aliphatic rings. The summed E-state index contributed by atoms with van der Waals surface area (Å²) >= 11 is 1.96. The van der Waals surface area contributed by atoms with E-state index in [1.807, 2.05) is 0 Å². The summed E-state index contributed by atoms with van der Waals surface area (Å²) in [4.78, 5) is 10.9. The van der Waals surface area contributed by atoms with Gasteiger partial charge in [-0.2, -0.15) is 0 Å². The Balaban J connectivity index is 2.36. The van der Waals surface area contributed by atoms with Gasteiger partial charge < -0.3 is 0 Å². The molecule has 0 spiro atoms. The van der Waals surface area contributed by atoms with Gasteiger partial charge in [-0.15, -0.1) is 0 Å². The molecule has 0 saturated heterocycles. The van der Waals surface area contributed by atoms with Crippen LogP contribution in [0.5, 0.6) is 0 Å². The van der Waals surface area contributed by atoms with Crippen LogP contribution in [0.15, 0.2) is 12.2 Å². The number of nitrogens with one attached hydrogen (secondary N) is 1. The Hall–Kier alpha value is 0.430. The first-order valence-corrected chi connectivity index (χ1v) is 9.69. The van der Waals surface area contributed by atoms with E-state index in [-0.39, 0.29) is 3.66 Å². The standard InChI is InChI=1S/C4H6.CH2NOS.In/c1-3-4-2;3-1-2-4;/h3-4H,1-2H2;4H,(H,2,3);. The number of allylic oxidation sites excluding steroid dienone is 2. The van der Waals surface area contributed by atoms with Crippen molar-refractivity contribution in [2.24, 2.45) is 0 Å². The van der Waals surface area contributed by atoms with Crippen LogP contribution in [-0.2, 0) is 0 Å².